The van der Waals surface area contributed by atoms with E-state index in [1.165, 1.54) is 5.56 Å². The zero-order chi connectivity index (χ0) is 19.8. The lowest BCUT2D eigenvalue weighted by Crippen LogP contribution is -2.49. The van der Waals surface area contributed by atoms with Crippen molar-refractivity contribution < 1.29 is 14.3 Å². The van der Waals surface area contributed by atoms with Gasteiger partial charge in [-0.25, -0.2) is 4.79 Å². The Hall–Kier alpha value is -1.84. The first-order valence-corrected chi connectivity index (χ1v) is 10.3. The minimum Gasteiger partial charge on any atom is -0.444 e. The van der Waals surface area contributed by atoms with Gasteiger partial charge in [-0.3, -0.25) is 4.79 Å². The minimum atomic E-state index is -0.481. The van der Waals surface area contributed by atoms with Crippen LogP contribution in [0.3, 0.4) is 0 Å². The van der Waals surface area contributed by atoms with Crippen molar-refractivity contribution in [3.05, 3.63) is 35.4 Å². The molecular weight excluding hydrogens is 338 g/mol. The largest absolute Gasteiger partial charge is 0.444 e. The van der Waals surface area contributed by atoms with E-state index in [2.05, 4.69) is 38.1 Å². The molecule has 0 spiro atoms. The number of nitrogens with zero attached hydrogens (tertiary/aromatic N) is 1. The lowest BCUT2D eigenvalue weighted by molar-refractivity contribution is -0.124. The van der Waals surface area contributed by atoms with Crippen LogP contribution in [0.25, 0.3) is 0 Å². The number of hydrogen-bond acceptors (Lipinski definition) is 3. The molecule has 2 atom stereocenters. The Labute approximate surface area is 163 Å². The number of benzene rings is 1. The molecule has 1 aromatic carbocycles. The number of amides is 1. The van der Waals surface area contributed by atoms with Crippen LogP contribution in [0.2, 0.25) is 0 Å². The fraction of sp³-hybridized carbons (Fsp3) is 0.652. The smallest absolute Gasteiger partial charge is 0.410 e. The van der Waals surface area contributed by atoms with Gasteiger partial charge in [0.05, 0.1) is 0 Å². The summed E-state index contributed by atoms with van der Waals surface area (Å²) in [6.45, 7) is 10.0. The van der Waals surface area contributed by atoms with E-state index in [0.29, 0.717) is 18.1 Å². The molecular formula is C23H33NO3. The Morgan fingerprint density at radius 2 is 1.63 bits per heavy atom. The molecule has 2 aliphatic heterocycles. The molecule has 27 heavy (non-hydrogen) atoms. The third-order valence-corrected chi connectivity index (χ3v) is 5.82. The van der Waals surface area contributed by atoms with Gasteiger partial charge in [0.2, 0.25) is 0 Å². The van der Waals surface area contributed by atoms with Gasteiger partial charge in [-0.1, -0.05) is 38.1 Å². The second-order valence-corrected chi connectivity index (χ2v) is 9.48. The molecule has 2 aliphatic rings. The number of carbonyl (C=O) groups excluding carboxylic acids is 2. The van der Waals surface area contributed by atoms with Gasteiger partial charge in [0.15, 0.2) is 0 Å². The lowest BCUT2D eigenvalue weighted by atomic mass is 9.85. The highest BCUT2D eigenvalue weighted by molar-refractivity contribution is 5.84. The Bertz CT molecular complexity index is 673. The quantitative estimate of drug-likeness (QED) is 0.740. The Morgan fingerprint density at radius 3 is 2.11 bits per heavy atom. The Balaban J connectivity index is 1.60. The van der Waals surface area contributed by atoms with Crippen molar-refractivity contribution >= 4 is 11.9 Å². The molecule has 2 heterocycles. The first-order chi connectivity index (χ1) is 12.6. The van der Waals surface area contributed by atoms with Crippen LogP contribution in [0.4, 0.5) is 4.79 Å². The molecule has 0 N–H and O–H groups in total. The van der Waals surface area contributed by atoms with Crippen LogP contribution in [-0.4, -0.2) is 34.5 Å². The second kappa shape index (κ2) is 7.65. The van der Waals surface area contributed by atoms with Crippen LogP contribution in [0.15, 0.2) is 24.3 Å². The Morgan fingerprint density at radius 1 is 1.07 bits per heavy atom. The molecule has 2 fully saturated rings. The van der Waals surface area contributed by atoms with E-state index >= 15 is 0 Å². The molecule has 0 aliphatic carbocycles. The number of rotatable bonds is 4. The molecule has 0 aromatic heterocycles. The minimum absolute atomic E-state index is 0.0611. The summed E-state index contributed by atoms with van der Waals surface area (Å²) >= 11 is 0. The number of piperidine rings is 1. The maximum absolute atomic E-state index is 12.9. The summed E-state index contributed by atoms with van der Waals surface area (Å²) in [5.41, 5.74) is 1.91. The van der Waals surface area contributed by atoms with E-state index < -0.39 is 5.60 Å². The summed E-state index contributed by atoms with van der Waals surface area (Å²) < 4.78 is 5.58. The average molecular weight is 372 g/mol. The summed E-state index contributed by atoms with van der Waals surface area (Å²) in [6, 6.07) is 8.71. The highest BCUT2D eigenvalue weighted by atomic mass is 16.6. The van der Waals surface area contributed by atoms with Crippen LogP contribution in [0, 0.1) is 5.92 Å². The molecule has 2 saturated heterocycles. The molecule has 1 aromatic rings. The Kier molecular flexibility index (Phi) is 5.64. The topological polar surface area (TPSA) is 46.6 Å². The van der Waals surface area contributed by atoms with Crippen molar-refractivity contribution in [2.24, 2.45) is 5.92 Å². The van der Waals surface area contributed by atoms with Gasteiger partial charge in [0.1, 0.15) is 11.4 Å². The number of ketones is 1. The number of fused-ring (bicyclic) bond motifs is 2. The fourth-order valence-corrected chi connectivity index (χ4v) is 4.42. The SMILES string of the molecule is CC(C)c1ccc(CC(=O)C2CC3CCC(C2)N3C(=O)OC(C)(C)C)cc1. The number of ether oxygens (including phenoxy) is 1. The van der Waals surface area contributed by atoms with Gasteiger partial charge in [-0.2, -0.15) is 0 Å². The molecule has 2 unspecified atom stereocenters. The predicted molar refractivity (Wildman–Crippen MR) is 107 cm³/mol. The molecule has 1 amide bonds. The third kappa shape index (κ3) is 4.72. The average Bonchev–Trinajstić information content (AvgIpc) is 2.84. The lowest BCUT2D eigenvalue weighted by Gasteiger charge is -2.39. The van der Waals surface area contributed by atoms with E-state index in [0.717, 1.165) is 31.2 Å². The standard InChI is InChI=1S/C23H33NO3/c1-15(2)17-8-6-16(7-9-17)12-21(25)18-13-19-10-11-20(14-18)24(19)22(26)27-23(3,4)5/h6-9,15,18-20H,10-14H2,1-5H3. The molecule has 0 saturated carbocycles. The highest BCUT2D eigenvalue weighted by Crippen LogP contribution is 2.40. The number of Topliss-reactive ketones (excluding diaryl/α,β-unsaturated/α-hetero) is 1. The van der Waals surface area contributed by atoms with Crippen LogP contribution in [0.1, 0.15) is 77.3 Å². The van der Waals surface area contributed by atoms with Crippen LogP contribution >= 0.6 is 0 Å². The van der Waals surface area contributed by atoms with E-state index in [1.807, 2.05) is 25.7 Å². The molecule has 4 nitrogen and oxygen atoms in total. The van der Waals surface area contributed by atoms with Crippen molar-refractivity contribution in [1.82, 2.24) is 4.90 Å². The van der Waals surface area contributed by atoms with Crippen molar-refractivity contribution in [2.75, 3.05) is 0 Å². The monoisotopic (exact) mass is 371 g/mol. The highest BCUT2D eigenvalue weighted by Gasteiger charge is 2.46. The van der Waals surface area contributed by atoms with Gasteiger partial charge in [0.25, 0.3) is 0 Å². The zero-order valence-electron chi connectivity index (χ0n) is 17.3. The van der Waals surface area contributed by atoms with Gasteiger partial charge < -0.3 is 9.64 Å². The molecule has 3 rings (SSSR count). The van der Waals surface area contributed by atoms with Crippen molar-refractivity contribution in [3.63, 3.8) is 0 Å². The van der Waals surface area contributed by atoms with Crippen LogP contribution in [-0.2, 0) is 16.0 Å². The van der Waals surface area contributed by atoms with Gasteiger partial charge in [-0.05, 0) is 63.5 Å². The summed E-state index contributed by atoms with van der Waals surface area (Å²) in [6.07, 6.45) is 3.80. The third-order valence-electron chi connectivity index (χ3n) is 5.82. The zero-order valence-corrected chi connectivity index (χ0v) is 17.3. The summed E-state index contributed by atoms with van der Waals surface area (Å²) in [4.78, 5) is 27.3. The maximum Gasteiger partial charge on any atom is 0.410 e. The molecule has 148 valence electrons. The van der Waals surface area contributed by atoms with E-state index in [1.54, 1.807) is 0 Å². The summed E-state index contributed by atoms with van der Waals surface area (Å²) in [5, 5.41) is 0. The second-order valence-electron chi connectivity index (χ2n) is 9.48. The predicted octanol–water partition coefficient (Wildman–Crippen LogP) is 5.10. The van der Waals surface area contributed by atoms with Crippen molar-refractivity contribution in [3.8, 4) is 0 Å². The van der Waals surface area contributed by atoms with Crippen LogP contribution < -0.4 is 0 Å². The van der Waals surface area contributed by atoms with Gasteiger partial charge >= 0.3 is 6.09 Å². The first kappa shape index (κ1) is 19.9. The molecule has 2 bridgehead atoms. The summed E-state index contributed by atoms with van der Waals surface area (Å²) in [7, 11) is 0. The first-order valence-electron chi connectivity index (χ1n) is 10.3. The fourth-order valence-electron chi connectivity index (χ4n) is 4.42. The van der Waals surface area contributed by atoms with E-state index in [-0.39, 0.29) is 24.1 Å². The van der Waals surface area contributed by atoms with Crippen molar-refractivity contribution in [2.45, 2.75) is 90.3 Å². The molecule has 4 heteroatoms. The van der Waals surface area contributed by atoms with E-state index in [9.17, 15) is 9.59 Å². The van der Waals surface area contributed by atoms with Gasteiger partial charge in [-0.15, -0.1) is 0 Å². The molecule has 0 radical (unpaired) electrons. The van der Waals surface area contributed by atoms with Gasteiger partial charge in [0, 0.05) is 24.4 Å². The van der Waals surface area contributed by atoms with Crippen molar-refractivity contribution in [1.29, 1.82) is 0 Å². The van der Waals surface area contributed by atoms with E-state index in [4.69, 9.17) is 4.74 Å². The normalized spacial score (nSPS) is 25.0. The number of carbonyl (C=O) groups is 2. The van der Waals surface area contributed by atoms with Crippen LogP contribution in [0.5, 0.6) is 0 Å². The maximum atomic E-state index is 12.9. The number of hydrogen-bond donors (Lipinski definition) is 0. The summed E-state index contributed by atoms with van der Waals surface area (Å²) in [5.74, 6) is 0.876.